The first kappa shape index (κ1) is 22.7. The SMILES string of the molecule is CC(C)NC(=O)[C@H](Cc1ccccc1)NC(=O)c1ccccc1NC(=O)c1ccccc1. The van der Waals surface area contributed by atoms with Gasteiger partial charge in [0.2, 0.25) is 5.91 Å². The summed E-state index contributed by atoms with van der Waals surface area (Å²) < 4.78 is 0. The molecule has 6 heteroatoms. The fourth-order valence-electron chi connectivity index (χ4n) is 3.25. The number of para-hydroxylation sites is 1. The van der Waals surface area contributed by atoms with Crippen molar-refractivity contribution >= 4 is 23.4 Å². The molecule has 3 amide bonds. The second-order valence-electron chi connectivity index (χ2n) is 7.74. The molecule has 0 aliphatic heterocycles. The van der Waals surface area contributed by atoms with Crippen molar-refractivity contribution in [2.75, 3.05) is 5.32 Å². The van der Waals surface area contributed by atoms with Gasteiger partial charge in [0.05, 0.1) is 11.3 Å². The highest BCUT2D eigenvalue weighted by Gasteiger charge is 2.24. The van der Waals surface area contributed by atoms with Gasteiger partial charge >= 0.3 is 0 Å². The minimum atomic E-state index is -0.759. The smallest absolute Gasteiger partial charge is 0.255 e. The first-order valence-corrected chi connectivity index (χ1v) is 10.5. The summed E-state index contributed by atoms with van der Waals surface area (Å²) in [5.41, 5.74) is 2.08. The molecule has 0 spiro atoms. The molecule has 1 atom stereocenters. The van der Waals surface area contributed by atoms with E-state index < -0.39 is 11.9 Å². The molecule has 0 unspecified atom stereocenters. The molecule has 0 fully saturated rings. The zero-order valence-electron chi connectivity index (χ0n) is 18.2. The lowest BCUT2D eigenvalue weighted by Gasteiger charge is -2.21. The second kappa shape index (κ2) is 10.9. The normalized spacial score (nSPS) is 11.5. The Hall–Kier alpha value is -3.93. The molecule has 0 saturated carbocycles. The fourth-order valence-corrected chi connectivity index (χ4v) is 3.25. The quantitative estimate of drug-likeness (QED) is 0.509. The van der Waals surface area contributed by atoms with Crippen LogP contribution in [0.5, 0.6) is 0 Å². The van der Waals surface area contributed by atoms with E-state index in [9.17, 15) is 14.4 Å². The van der Waals surface area contributed by atoms with E-state index in [0.717, 1.165) is 5.56 Å². The lowest BCUT2D eigenvalue weighted by Crippen LogP contribution is -2.49. The number of nitrogens with one attached hydrogen (secondary N) is 3. The van der Waals surface area contributed by atoms with Gasteiger partial charge in [-0.25, -0.2) is 0 Å². The number of anilines is 1. The molecule has 0 aliphatic rings. The Kier molecular flexibility index (Phi) is 7.75. The summed E-state index contributed by atoms with van der Waals surface area (Å²) in [6, 6.07) is 24.2. The van der Waals surface area contributed by atoms with Crippen LogP contribution in [-0.2, 0) is 11.2 Å². The molecule has 32 heavy (non-hydrogen) atoms. The minimum Gasteiger partial charge on any atom is -0.352 e. The number of carbonyl (C=O) groups is 3. The average molecular weight is 430 g/mol. The van der Waals surface area contributed by atoms with Crippen LogP contribution >= 0.6 is 0 Å². The summed E-state index contributed by atoms with van der Waals surface area (Å²) in [6.45, 7) is 3.74. The minimum absolute atomic E-state index is 0.0601. The maximum Gasteiger partial charge on any atom is 0.255 e. The van der Waals surface area contributed by atoms with Crippen molar-refractivity contribution < 1.29 is 14.4 Å². The topological polar surface area (TPSA) is 87.3 Å². The lowest BCUT2D eigenvalue weighted by atomic mass is 10.0. The van der Waals surface area contributed by atoms with Gasteiger partial charge in [0.1, 0.15) is 6.04 Å². The summed E-state index contributed by atoms with van der Waals surface area (Å²) in [6.07, 6.45) is 0.351. The van der Waals surface area contributed by atoms with Crippen LogP contribution in [0.1, 0.15) is 40.1 Å². The van der Waals surface area contributed by atoms with Gasteiger partial charge in [-0.15, -0.1) is 0 Å². The van der Waals surface area contributed by atoms with Gasteiger partial charge in [-0.3, -0.25) is 14.4 Å². The summed E-state index contributed by atoms with van der Waals surface area (Å²) >= 11 is 0. The third kappa shape index (κ3) is 6.28. The monoisotopic (exact) mass is 429 g/mol. The van der Waals surface area contributed by atoms with Gasteiger partial charge in [-0.1, -0.05) is 60.7 Å². The summed E-state index contributed by atoms with van der Waals surface area (Å²) in [7, 11) is 0. The second-order valence-corrected chi connectivity index (χ2v) is 7.74. The molecule has 3 rings (SSSR count). The molecule has 0 aromatic heterocycles. The van der Waals surface area contributed by atoms with Crippen molar-refractivity contribution in [3.05, 3.63) is 102 Å². The third-order valence-corrected chi connectivity index (χ3v) is 4.79. The first-order valence-electron chi connectivity index (χ1n) is 10.5. The Morgan fingerprint density at radius 3 is 1.97 bits per heavy atom. The van der Waals surface area contributed by atoms with Gasteiger partial charge < -0.3 is 16.0 Å². The Morgan fingerprint density at radius 1 is 0.719 bits per heavy atom. The largest absolute Gasteiger partial charge is 0.352 e. The molecule has 164 valence electrons. The maximum atomic E-state index is 13.1. The van der Waals surface area contributed by atoms with Crippen molar-refractivity contribution in [2.24, 2.45) is 0 Å². The zero-order chi connectivity index (χ0) is 22.9. The summed E-state index contributed by atoms with van der Waals surface area (Å²) in [5.74, 6) is -1.01. The Morgan fingerprint density at radius 2 is 1.31 bits per heavy atom. The Labute approximate surface area is 188 Å². The predicted molar refractivity (Wildman–Crippen MR) is 126 cm³/mol. The van der Waals surface area contributed by atoms with E-state index in [0.29, 0.717) is 17.7 Å². The molecule has 0 bridgehead atoms. The number of amides is 3. The number of carbonyl (C=O) groups excluding carboxylic acids is 3. The molecule has 0 heterocycles. The van der Waals surface area contributed by atoms with Gasteiger partial charge in [0, 0.05) is 18.0 Å². The molecular weight excluding hydrogens is 402 g/mol. The van der Waals surface area contributed by atoms with E-state index in [2.05, 4.69) is 16.0 Å². The van der Waals surface area contributed by atoms with E-state index in [4.69, 9.17) is 0 Å². The number of rotatable bonds is 8. The van der Waals surface area contributed by atoms with Gasteiger partial charge in [0.25, 0.3) is 11.8 Å². The highest BCUT2D eigenvalue weighted by Crippen LogP contribution is 2.17. The molecular formula is C26H27N3O3. The third-order valence-electron chi connectivity index (χ3n) is 4.79. The van der Waals surface area contributed by atoms with Gasteiger partial charge in [-0.2, -0.15) is 0 Å². The van der Waals surface area contributed by atoms with E-state index in [1.54, 1.807) is 48.5 Å². The van der Waals surface area contributed by atoms with Crippen molar-refractivity contribution in [1.82, 2.24) is 10.6 Å². The van der Waals surface area contributed by atoms with Crippen LogP contribution in [0, 0.1) is 0 Å². The molecule has 3 N–H and O–H groups in total. The van der Waals surface area contributed by atoms with Crippen LogP contribution < -0.4 is 16.0 Å². The standard InChI is InChI=1S/C26H27N3O3/c1-18(2)27-26(32)23(17-19-11-5-3-6-12-19)29-25(31)21-15-9-10-16-22(21)28-24(30)20-13-7-4-8-14-20/h3-16,18,23H,17H2,1-2H3,(H,27,32)(H,28,30)(H,29,31)/t23-/m0/s1. The molecule has 0 aliphatic carbocycles. The van der Waals surface area contributed by atoms with E-state index in [1.807, 2.05) is 50.2 Å². The van der Waals surface area contributed by atoms with E-state index >= 15 is 0 Å². The zero-order valence-corrected chi connectivity index (χ0v) is 18.2. The van der Waals surface area contributed by atoms with Crippen molar-refractivity contribution in [3.63, 3.8) is 0 Å². The van der Waals surface area contributed by atoms with Crippen LogP contribution in [0.15, 0.2) is 84.9 Å². The number of benzene rings is 3. The molecule has 3 aromatic rings. The van der Waals surface area contributed by atoms with Crippen LogP contribution in [0.3, 0.4) is 0 Å². The number of hydrogen-bond acceptors (Lipinski definition) is 3. The lowest BCUT2D eigenvalue weighted by molar-refractivity contribution is -0.123. The van der Waals surface area contributed by atoms with Gasteiger partial charge in [-0.05, 0) is 43.7 Å². The van der Waals surface area contributed by atoms with Crippen molar-refractivity contribution in [1.29, 1.82) is 0 Å². The van der Waals surface area contributed by atoms with Crippen LogP contribution in [-0.4, -0.2) is 29.8 Å². The number of hydrogen-bond donors (Lipinski definition) is 3. The maximum absolute atomic E-state index is 13.1. The van der Waals surface area contributed by atoms with Crippen LogP contribution in [0.25, 0.3) is 0 Å². The fraction of sp³-hybridized carbons (Fsp3) is 0.192. The summed E-state index contributed by atoms with van der Waals surface area (Å²) in [4.78, 5) is 38.5. The van der Waals surface area contributed by atoms with E-state index in [1.165, 1.54) is 0 Å². The van der Waals surface area contributed by atoms with Gasteiger partial charge in [0.15, 0.2) is 0 Å². The van der Waals surface area contributed by atoms with Crippen molar-refractivity contribution in [3.8, 4) is 0 Å². The first-order chi connectivity index (χ1) is 15.4. The highest BCUT2D eigenvalue weighted by molar-refractivity contribution is 6.09. The van der Waals surface area contributed by atoms with Crippen LogP contribution in [0.4, 0.5) is 5.69 Å². The molecule has 0 radical (unpaired) electrons. The van der Waals surface area contributed by atoms with Crippen molar-refractivity contribution in [2.45, 2.75) is 32.4 Å². The Balaban J connectivity index is 1.80. The molecule has 3 aromatic carbocycles. The predicted octanol–water partition coefficient (Wildman–Crippen LogP) is 3.80. The molecule has 6 nitrogen and oxygen atoms in total. The van der Waals surface area contributed by atoms with Crippen LogP contribution in [0.2, 0.25) is 0 Å². The highest BCUT2D eigenvalue weighted by atomic mass is 16.2. The molecule has 0 saturated heterocycles. The Bertz CT molecular complexity index is 1070. The summed E-state index contributed by atoms with van der Waals surface area (Å²) in [5, 5.41) is 8.49. The average Bonchev–Trinajstić information content (AvgIpc) is 2.79. The van der Waals surface area contributed by atoms with E-state index in [-0.39, 0.29) is 23.4 Å².